The highest BCUT2D eigenvalue weighted by Crippen LogP contribution is 2.17. The SMILES string of the molecule is CC(C)(C)c1nc(C(=O)N2CCS(=O)CC2)n[nH]1. The highest BCUT2D eigenvalue weighted by Gasteiger charge is 2.26. The number of carbonyl (C=O) groups excluding carboxylic acids is 1. The third-order valence-electron chi connectivity index (χ3n) is 2.85. The van der Waals surface area contributed by atoms with Crippen LogP contribution in [-0.2, 0) is 16.2 Å². The first-order valence-electron chi connectivity index (χ1n) is 5.95. The van der Waals surface area contributed by atoms with Gasteiger partial charge in [-0.15, -0.1) is 5.10 Å². The average molecular weight is 270 g/mol. The minimum absolute atomic E-state index is 0.158. The number of rotatable bonds is 1. The van der Waals surface area contributed by atoms with Crippen molar-refractivity contribution in [1.82, 2.24) is 20.1 Å². The molecule has 1 aromatic rings. The normalized spacial score (nSPS) is 18.1. The van der Waals surface area contributed by atoms with Crippen molar-refractivity contribution in [2.45, 2.75) is 26.2 Å². The fourth-order valence-corrected chi connectivity index (χ4v) is 2.73. The molecule has 1 amide bonds. The first-order chi connectivity index (χ1) is 8.38. The first kappa shape index (κ1) is 13.2. The summed E-state index contributed by atoms with van der Waals surface area (Å²) in [6.07, 6.45) is 0. The van der Waals surface area contributed by atoms with Crippen LogP contribution in [0.4, 0.5) is 0 Å². The lowest BCUT2D eigenvalue weighted by atomic mass is 9.96. The lowest BCUT2D eigenvalue weighted by molar-refractivity contribution is 0.0759. The van der Waals surface area contributed by atoms with Gasteiger partial charge in [0.05, 0.1) is 0 Å². The second kappa shape index (κ2) is 4.79. The van der Waals surface area contributed by atoms with Crippen LogP contribution in [0.1, 0.15) is 37.2 Å². The maximum Gasteiger partial charge on any atom is 0.293 e. The third kappa shape index (κ3) is 2.77. The van der Waals surface area contributed by atoms with Gasteiger partial charge in [0.15, 0.2) is 0 Å². The van der Waals surface area contributed by atoms with Gasteiger partial charge in [0.25, 0.3) is 5.91 Å². The summed E-state index contributed by atoms with van der Waals surface area (Å²) in [5.41, 5.74) is -0.158. The van der Waals surface area contributed by atoms with E-state index < -0.39 is 10.8 Å². The van der Waals surface area contributed by atoms with Gasteiger partial charge >= 0.3 is 0 Å². The highest BCUT2D eigenvalue weighted by atomic mass is 32.2. The quantitative estimate of drug-likeness (QED) is 0.796. The highest BCUT2D eigenvalue weighted by molar-refractivity contribution is 7.85. The first-order valence-corrected chi connectivity index (χ1v) is 7.44. The summed E-state index contributed by atoms with van der Waals surface area (Å²) in [5.74, 6) is 1.81. The zero-order valence-corrected chi connectivity index (χ0v) is 11.7. The lowest BCUT2D eigenvalue weighted by Gasteiger charge is -2.24. The number of aromatic nitrogens is 3. The zero-order chi connectivity index (χ0) is 13.3. The van der Waals surface area contributed by atoms with Gasteiger partial charge < -0.3 is 4.90 Å². The molecule has 6 nitrogen and oxygen atoms in total. The van der Waals surface area contributed by atoms with E-state index in [1.807, 2.05) is 20.8 Å². The summed E-state index contributed by atoms with van der Waals surface area (Å²) in [5, 5.41) is 6.78. The molecule has 0 spiro atoms. The van der Waals surface area contributed by atoms with E-state index in [9.17, 15) is 9.00 Å². The maximum absolute atomic E-state index is 12.1. The molecule has 1 aromatic heterocycles. The number of amides is 1. The van der Waals surface area contributed by atoms with E-state index in [2.05, 4.69) is 15.2 Å². The minimum Gasteiger partial charge on any atom is -0.334 e. The van der Waals surface area contributed by atoms with Crippen LogP contribution in [0.5, 0.6) is 0 Å². The van der Waals surface area contributed by atoms with Crippen LogP contribution in [0, 0.1) is 0 Å². The van der Waals surface area contributed by atoms with E-state index in [1.54, 1.807) is 4.90 Å². The van der Waals surface area contributed by atoms with E-state index >= 15 is 0 Å². The van der Waals surface area contributed by atoms with E-state index in [1.165, 1.54) is 0 Å². The Balaban J connectivity index is 2.10. The van der Waals surface area contributed by atoms with Gasteiger partial charge in [-0.2, -0.15) is 0 Å². The molecule has 2 heterocycles. The Morgan fingerprint density at radius 1 is 1.33 bits per heavy atom. The Bertz CT molecular complexity index is 468. The van der Waals surface area contributed by atoms with Gasteiger partial charge in [-0.25, -0.2) is 4.98 Å². The molecule has 1 N–H and O–H groups in total. The van der Waals surface area contributed by atoms with Gasteiger partial charge in [-0.3, -0.25) is 14.1 Å². The third-order valence-corrected chi connectivity index (χ3v) is 4.13. The summed E-state index contributed by atoms with van der Waals surface area (Å²) >= 11 is 0. The van der Waals surface area contributed by atoms with Crippen molar-refractivity contribution in [1.29, 1.82) is 0 Å². The molecule has 1 aliphatic rings. The summed E-state index contributed by atoms with van der Waals surface area (Å²) in [6, 6.07) is 0. The van der Waals surface area contributed by atoms with Crippen molar-refractivity contribution < 1.29 is 9.00 Å². The number of H-pyrrole nitrogens is 1. The molecule has 1 aliphatic heterocycles. The van der Waals surface area contributed by atoms with E-state index in [4.69, 9.17) is 0 Å². The Labute approximate surface area is 109 Å². The van der Waals surface area contributed by atoms with Gasteiger partial charge in [0, 0.05) is 40.8 Å². The van der Waals surface area contributed by atoms with Crippen molar-refractivity contribution in [3.8, 4) is 0 Å². The summed E-state index contributed by atoms with van der Waals surface area (Å²) in [7, 11) is -0.785. The maximum atomic E-state index is 12.1. The van der Waals surface area contributed by atoms with Gasteiger partial charge in [0.2, 0.25) is 5.82 Å². The van der Waals surface area contributed by atoms with Crippen LogP contribution in [0.3, 0.4) is 0 Å². The van der Waals surface area contributed by atoms with Crippen LogP contribution < -0.4 is 0 Å². The fourth-order valence-electron chi connectivity index (χ4n) is 1.68. The monoisotopic (exact) mass is 270 g/mol. The molecule has 1 saturated heterocycles. The molecule has 1 fully saturated rings. The van der Waals surface area contributed by atoms with Crippen molar-refractivity contribution in [3.05, 3.63) is 11.6 Å². The topological polar surface area (TPSA) is 79.0 Å². The van der Waals surface area contributed by atoms with Crippen molar-refractivity contribution >= 4 is 16.7 Å². The minimum atomic E-state index is -0.785. The number of nitrogens with one attached hydrogen (secondary N) is 1. The zero-order valence-electron chi connectivity index (χ0n) is 10.9. The Kier molecular flexibility index (Phi) is 3.52. The van der Waals surface area contributed by atoms with Crippen LogP contribution in [0.15, 0.2) is 0 Å². The predicted molar refractivity (Wildman–Crippen MR) is 68.9 cm³/mol. The average Bonchev–Trinajstić information content (AvgIpc) is 2.78. The molecule has 0 bridgehead atoms. The molecular weight excluding hydrogens is 252 g/mol. The summed E-state index contributed by atoms with van der Waals surface area (Å²) < 4.78 is 11.2. The fraction of sp³-hybridized carbons (Fsp3) is 0.727. The molecule has 0 atom stereocenters. The molecule has 0 aliphatic carbocycles. The Morgan fingerprint density at radius 2 is 1.94 bits per heavy atom. The van der Waals surface area contributed by atoms with E-state index in [0.717, 1.165) is 0 Å². The number of aromatic amines is 1. The smallest absolute Gasteiger partial charge is 0.293 e. The van der Waals surface area contributed by atoms with Crippen molar-refractivity contribution in [2.24, 2.45) is 0 Å². The second-order valence-corrected chi connectivity index (χ2v) is 7.09. The van der Waals surface area contributed by atoms with E-state index in [-0.39, 0.29) is 17.1 Å². The number of nitrogens with zero attached hydrogens (tertiary/aromatic N) is 3. The van der Waals surface area contributed by atoms with Crippen molar-refractivity contribution in [2.75, 3.05) is 24.6 Å². The van der Waals surface area contributed by atoms with Crippen LogP contribution >= 0.6 is 0 Å². The molecule has 7 heteroatoms. The molecule has 2 rings (SSSR count). The molecule has 100 valence electrons. The molecule has 0 saturated carbocycles. The number of hydrogen-bond acceptors (Lipinski definition) is 4. The Hall–Kier alpha value is -1.24. The molecule has 0 unspecified atom stereocenters. The molecule has 18 heavy (non-hydrogen) atoms. The second-order valence-electron chi connectivity index (χ2n) is 5.40. The standard InChI is InChI=1S/C11H18N4O2S/c1-11(2,3)10-12-8(13-14-10)9(16)15-4-6-18(17)7-5-15/h4-7H2,1-3H3,(H,12,13,14). The van der Waals surface area contributed by atoms with Crippen LogP contribution in [0.2, 0.25) is 0 Å². The predicted octanol–water partition coefficient (Wildman–Crippen LogP) is 0.307. The molecular formula is C11H18N4O2S. The van der Waals surface area contributed by atoms with Crippen molar-refractivity contribution in [3.63, 3.8) is 0 Å². The summed E-state index contributed by atoms with van der Waals surface area (Å²) in [6.45, 7) is 7.05. The molecule has 0 aromatic carbocycles. The largest absolute Gasteiger partial charge is 0.334 e. The lowest BCUT2D eigenvalue weighted by Crippen LogP contribution is -2.42. The Morgan fingerprint density at radius 3 is 2.44 bits per heavy atom. The van der Waals surface area contributed by atoms with Gasteiger partial charge in [0.1, 0.15) is 5.82 Å². The van der Waals surface area contributed by atoms with E-state index in [0.29, 0.717) is 30.4 Å². The molecule has 0 radical (unpaired) electrons. The van der Waals surface area contributed by atoms with Gasteiger partial charge in [-0.05, 0) is 0 Å². The van der Waals surface area contributed by atoms with Crippen LogP contribution in [0.25, 0.3) is 0 Å². The summed E-state index contributed by atoms with van der Waals surface area (Å²) in [4.78, 5) is 18.0. The van der Waals surface area contributed by atoms with Crippen LogP contribution in [-0.4, -0.2) is 54.8 Å². The number of carbonyl (C=O) groups is 1. The number of hydrogen-bond donors (Lipinski definition) is 1. The van der Waals surface area contributed by atoms with Gasteiger partial charge in [-0.1, -0.05) is 20.8 Å².